The van der Waals surface area contributed by atoms with Crippen molar-refractivity contribution in [2.24, 2.45) is 5.92 Å². The lowest BCUT2D eigenvalue weighted by Gasteiger charge is -2.24. The summed E-state index contributed by atoms with van der Waals surface area (Å²) in [5, 5.41) is 0. The predicted molar refractivity (Wildman–Crippen MR) is 43.6 cm³/mol. The highest BCUT2D eigenvalue weighted by Crippen LogP contribution is 2.29. The second kappa shape index (κ2) is 4.91. The Morgan fingerprint density at radius 3 is 2.75 bits per heavy atom. The van der Waals surface area contributed by atoms with Gasteiger partial charge < -0.3 is 9.53 Å². The van der Waals surface area contributed by atoms with E-state index in [1.54, 1.807) is 0 Å². The van der Waals surface area contributed by atoms with E-state index in [1.165, 1.54) is 19.3 Å². The molecular formula is C9H14O3. The van der Waals surface area contributed by atoms with E-state index in [4.69, 9.17) is 4.74 Å². The van der Waals surface area contributed by atoms with E-state index in [1.807, 2.05) is 0 Å². The van der Waals surface area contributed by atoms with Gasteiger partial charge in [-0.2, -0.15) is 0 Å². The normalized spacial score (nSPS) is 16.7. The molecule has 1 aliphatic carbocycles. The van der Waals surface area contributed by atoms with E-state index in [-0.39, 0.29) is 6.42 Å². The van der Waals surface area contributed by atoms with Gasteiger partial charge in [-0.1, -0.05) is 19.3 Å². The minimum absolute atomic E-state index is 0.106. The first kappa shape index (κ1) is 9.23. The first-order valence-electron chi connectivity index (χ1n) is 4.42. The predicted octanol–water partition coefficient (Wildman–Crippen LogP) is 1.31. The zero-order valence-electron chi connectivity index (χ0n) is 7.12. The van der Waals surface area contributed by atoms with Gasteiger partial charge in [0.05, 0.1) is 6.61 Å². The van der Waals surface area contributed by atoms with Crippen molar-refractivity contribution in [1.82, 2.24) is 0 Å². The van der Waals surface area contributed by atoms with Crippen molar-refractivity contribution in [1.29, 1.82) is 0 Å². The minimum Gasteiger partial charge on any atom is -0.465 e. The van der Waals surface area contributed by atoms with Gasteiger partial charge in [0, 0.05) is 0 Å². The Kier molecular flexibility index (Phi) is 3.77. The smallest absolute Gasteiger partial charge is 0.313 e. The number of hydrogen-bond donors (Lipinski definition) is 0. The first-order valence-corrected chi connectivity index (χ1v) is 4.42. The molecule has 0 saturated heterocycles. The third kappa shape index (κ3) is 3.03. The van der Waals surface area contributed by atoms with Gasteiger partial charge in [-0.05, 0) is 12.3 Å². The van der Waals surface area contributed by atoms with Crippen LogP contribution in [0.4, 0.5) is 0 Å². The van der Waals surface area contributed by atoms with Crippen LogP contribution in [0.5, 0.6) is 0 Å². The lowest BCUT2D eigenvalue weighted by molar-refractivity contribution is -0.144. The Morgan fingerprint density at radius 2 is 2.25 bits per heavy atom. The molecule has 3 nitrogen and oxygen atoms in total. The van der Waals surface area contributed by atoms with Gasteiger partial charge in [0.1, 0.15) is 12.7 Å². The molecule has 3 heteroatoms. The number of rotatable bonds is 5. The molecule has 0 unspecified atom stereocenters. The van der Waals surface area contributed by atoms with Gasteiger partial charge in [-0.15, -0.1) is 0 Å². The summed E-state index contributed by atoms with van der Waals surface area (Å²) in [4.78, 5) is 20.6. The maximum Gasteiger partial charge on any atom is 0.313 e. The number of hydrogen-bond acceptors (Lipinski definition) is 3. The Balaban J connectivity index is 1.93. The maximum atomic E-state index is 10.7. The number of carbonyl (C=O) groups is 2. The van der Waals surface area contributed by atoms with Crippen LogP contribution in [-0.4, -0.2) is 18.9 Å². The molecule has 1 fully saturated rings. The largest absolute Gasteiger partial charge is 0.465 e. The van der Waals surface area contributed by atoms with Crippen LogP contribution in [-0.2, 0) is 14.3 Å². The van der Waals surface area contributed by atoms with Crippen LogP contribution in [0.3, 0.4) is 0 Å². The lowest BCUT2D eigenvalue weighted by Crippen LogP contribution is -2.15. The maximum absolute atomic E-state index is 10.7. The third-order valence-corrected chi connectivity index (χ3v) is 2.26. The van der Waals surface area contributed by atoms with Crippen molar-refractivity contribution in [3.8, 4) is 0 Å². The fourth-order valence-corrected chi connectivity index (χ4v) is 1.25. The summed E-state index contributed by atoms with van der Waals surface area (Å²) >= 11 is 0. The van der Waals surface area contributed by atoms with Gasteiger partial charge in [-0.25, -0.2) is 0 Å². The average Bonchev–Trinajstić information content (AvgIpc) is 1.95. The van der Waals surface area contributed by atoms with E-state index in [0.717, 1.165) is 12.3 Å². The summed E-state index contributed by atoms with van der Waals surface area (Å²) < 4.78 is 4.82. The first-order chi connectivity index (χ1) is 5.83. The molecular weight excluding hydrogens is 156 g/mol. The van der Waals surface area contributed by atoms with Gasteiger partial charge in [0.2, 0.25) is 0 Å². The molecule has 12 heavy (non-hydrogen) atoms. The lowest BCUT2D eigenvalue weighted by atomic mass is 9.83. The molecule has 0 aromatic carbocycles. The number of ether oxygens (including phenoxy) is 1. The van der Waals surface area contributed by atoms with Crippen molar-refractivity contribution in [2.75, 3.05) is 6.61 Å². The zero-order chi connectivity index (χ0) is 8.81. The Bertz CT molecular complexity index is 161. The van der Waals surface area contributed by atoms with Crippen molar-refractivity contribution < 1.29 is 14.3 Å². The van der Waals surface area contributed by atoms with Gasteiger partial charge >= 0.3 is 5.97 Å². The minimum atomic E-state index is -0.399. The van der Waals surface area contributed by atoms with Crippen molar-refractivity contribution in [3.63, 3.8) is 0 Å². The van der Waals surface area contributed by atoms with Gasteiger partial charge in [-0.3, -0.25) is 4.79 Å². The van der Waals surface area contributed by atoms with E-state index in [0.29, 0.717) is 12.9 Å². The Hall–Kier alpha value is -0.860. The number of carbonyl (C=O) groups excluding carboxylic acids is 2. The van der Waals surface area contributed by atoms with Crippen molar-refractivity contribution in [3.05, 3.63) is 0 Å². The van der Waals surface area contributed by atoms with Crippen LogP contribution in [0.1, 0.15) is 32.1 Å². The summed E-state index contributed by atoms with van der Waals surface area (Å²) in [7, 11) is 0. The fourth-order valence-electron chi connectivity index (χ4n) is 1.25. The average molecular weight is 170 g/mol. The zero-order valence-corrected chi connectivity index (χ0v) is 7.12. The summed E-state index contributed by atoms with van der Waals surface area (Å²) in [6, 6.07) is 0. The molecule has 1 saturated carbocycles. The van der Waals surface area contributed by atoms with Crippen LogP contribution in [0.25, 0.3) is 0 Å². The van der Waals surface area contributed by atoms with E-state index in [9.17, 15) is 9.59 Å². The highest BCUT2D eigenvalue weighted by atomic mass is 16.5. The molecule has 0 radical (unpaired) electrons. The van der Waals surface area contributed by atoms with Crippen LogP contribution < -0.4 is 0 Å². The molecule has 0 aliphatic heterocycles. The van der Waals surface area contributed by atoms with E-state index >= 15 is 0 Å². The number of aldehydes is 1. The summed E-state index contributed by atoms with van der Waals surface area (Å²) in [6.07, 6.45) is 5.28. The van der Waals surface area contributed by atoms with Gasteiger partial charge in [0.15, 0.2) is 0 Å². The Labute approximate surface area is 72.1 Å². The van der Waals surface area contributed by atoms with Crippen LogP contribution >= 0.6 is 0 Å². The summed E-state index contributed by atoms with van der Waals surface area (Å²) in [5.41, 5.74) is 0. The van der Waals surface area contributed by atoms with Crippen LogP contribution in [0, 0.1) is 5.92 Å². The second-order valence-electron chi connectivity index (χ2n) is 3.18. The SMILES string of the molecule is O=CCC(=O)OCCC1CCC1. The third-order valence-electron chi connectivity index (χ3n) is 2.26. The fraction of sp³-hybridized carbons (Fsp3) is 0.778. The molecule has 0 atom stereocenters. The molecule has 0 N–H and O–H groups in total. The highest BCUT2D eigenvalue weighted by molar-refractivity contribution is 5.83. The standard InChI is InChI=1S/C9H14O3/c10-6-4-9(11)12-7-5-8-2-1-3-8/h6,8H,1-5,7H2. The van der Waals surface area contributed by atoms with E-state index < -0.39 is 5.97 Å². The molecule has 1 rings (SSSR count). The quantitative estimate of drug-likeness (QED) is 0.355. The van der Waals surface area contributed by atoms with Crippen molar-refractivity contribution >= 4 is 12.3 Å². The summed E-state index contributed by atoms with van der Waals surface area (Å²) in [5.74, 6) is 0.360. The molecule has 0 bridgehead atoms. The molecule has 1 aliphatic rings. The molecule has 0 aromatic rings. The molecule has 0 aromatic heterocycles. The molecule has 0 heterocycles. The highest BCUT2D eigenvalue weighted by Gasteiger charge is 2.17. The van der Waals surface area contributed by atoms with Crippen LogP contribution in [0.15, 0.2) is 0 Å². The van der Waals surface area contributed by atoms with Gasteiger partial charge in [0.25, 0.3) is 0 Å². The van der Waals surface area contributed by atoms with Crippen LogP contribution in [0.2, 0.25) is 0 Å². The topological polar surface area (TPSA) is 43.4 Å². The monoisotopic (exact) mass is 170 g/mol. The molecule has 68 valence electrons. The summed E-state index contributed by atoms with van der Waals surface area (Å²) in [6.45, 7) is 0.483. The molecule has 0 spiro atoms. The second-order valence-corrected chi connectivity index (χ2v) is 3.18. The number of esters is 1. The Morgan fingerprint density at radius 1 is 1.50 bits per heavy atom. The van der Waals surface area contributed by atoms with Crippen molar-refractivity contribution in [2.45, 2.75) is 32.1 Å². The molecule has 0 amide bonds. The van der Waals surface area contributed by atoms with E-state index in [2.05, 4.69) is 0 Å².